The van der Waals surface area contributed by atoms with Crippen molar-refractivity contribution in [2.45, 2.75) is 58.5 Å². The maximum atomic E-state index is 12.3. The number of aryl methyl sites for hydroxylation is 1. The summed E-state index contributed by atoms with van der Waals surface area (Å²) in [7, 11) is -1.22. The lowest BCUT2D eigenvalue weighted by Gasteiger charge is -2.22. The minimum Gasteiger partial charge on any atom is -0.446 e. The molecule has 2 rings (SSSR count). The van der Waals surface area contributed by atoms with Crippen molar-refractivity contribution < 1.29 is 17.9 Å². The van der Waals surface area contributed by atoms with Crippen LogP contribution in [0.5, 0.6) is 0 Å². The summed E-state index contributed by atoms with van der Waals surface area (Å²) < 4.78 is 28.7. The highest BCUT2D eigenvalue weighted by molar-refractivity contribution is 7.90. The predicted octanol–water partition coefficient (Wildman–Crippen LogP) is 5.62. The van der Waals surface area contributed by atoms with Gasteiger partial charge in [0, 0.05) is 37.1 Å². The summed E-state index contributed by atoms with van der Waals surface area (Å²) in [5.41, 5.74) is 3.65. The normalized spacial score (nSPS) is 12.8. The fourth-order valence-corrected chi connectivity index (χ4v) is 3.54. The first-order chi connectivity index (χ1) is 14.5. The van der Waals surface area contributed by atoms with Crippen LogP contribution in [0.4, 0.5) is 16.2 Å². The Hall–Kier alpha value is -2.54. The van der Waals surface area contributed by atoms with E-state index in [4.69, 9.17) is 4.74 Å². The molecular weight excluding hydrogens is 412 g/mol. The van der Waals surface area contributed by atoms with Gasteiger partial charge in [0.05, 0.1) is 4.90 Å². The molecule has 2 unspecified atom stereocenters. The Morgan fingerprint density at radius 1 is 1.10 bits per heavy atom. The largest absolute Gasteiger partial charge is 0.446 e. The summed E-state index contributed by atoms with van der Waals surface area (Å²) in [5, 5.41) is 2.80. The van der Waals surface area contributed by atoms with Gasteiger partial charge >= 0.3 is 6.09 Å². The molecule has 2 aromatic rings. The van der Waals surface area contributed by atoms with E-state index in [9.17, 15) is 13.2 Å². The van der Waals surface area contributed by atoms with Crippen LogP contribution in [0, 0.1) is 6.92 Å². The number of benzene rings is 2. The molecule has 0 bridgehead atoms. The monoisotopic (exact) mass is 448 g/mol. The number of hydrogen-bond acceptors (Lipinski definition) is 5. The van der Waals surface area contributed by atoms with Crippen molar-refractivity contribution in [1.29, 1.82) is 0 Å². The SMILES string of the molecule is CC.CCN(C)c1ccc(NC(=O)OC(C)C(C)c2ccc(S(C)(=O)=O)cc2)c(C)c1. The second kappa shape index (κ2) is 11.7. The average Bonchev–Trinajstić information content (AvgIpc) is 2.74. The van der Waals surface area contributed by atoms with Crippen molar-refractivity contribution >= 4 is 27.3 Å². The topological polar surface area (TPSA) is 75.7 Å². The molecule has 0 aliphatic heterocycles. The summed E-state index contributed by atoms with van der Waals surface area (Å²) in [4.78, 5) is 14.7. The molecule has 0 saturated heterocycles. The number of carbonyl (C=O) groups is 1. The zero-order valence-electron chi connectivity index (χ0n) is 19.9. The Kier molecular flexibility index (Phi) is 10.0. The maximum Gasteiger partial charge on any atom is 0.411 e. The molecule has 0 aliphatic carbocycles. The van der Waals surface area contributed by atoms with E-state index in [1.165, 1.54) is 6.26 Å². The van der Waals surface area contributed by atoms with Crippen LogP contribution in [0.3, 0.4) is 0 Å². The number of hydrogen-bond donors (Lipinski definition) is 1. The van der Waals surface area contributed by atoms with E-state index in [-0.39, 0.29) is 16.9 Å². The molecule has 0 radical (unpaired) electrons. The Bertz CT molecular complexity index is 956. The molecule has 1 amide bonds. The number of rotatable bonds is 7. The van der Waals surface area contributed by atoms with Gasteiger partial charge in [0.2, 0.25) is 0 Å². The first-order valence-corrected chi connectivity index (χ1v) is 12.5. The van der Waals surface area contributed by atoms with Crippen LogP contribution in [0.15, 0.2) is 47.4 Å². The standard InChI is InChI=1S/C22H30N2O4S.C2H6/c1-7-24(5)19-10-13-21(15(2)14-19)23-22(25)28-17(4)16(3)18-8-11-20(12-9-18)29(6,26)27;1-2/h8-14,16-17H,7H2,1-6H3,(H,23,25);1-2H3. The Morgan fingerprint density at radius 2 is 1.68 bits per heavy atom. The van der Waals surface area contributed by atoms with Crippen LogP contribution in [0.25, 0.3) is 0 Å². The third-order valence-corrected chi connectivity index (χ3v) is 6.32. The summed E-state index contributed by atoms with van der Waals surface area (Å²) in [6, 6.07) is 12.5. The molecule has 0 saturated carbocycles. The molecule has 0 spiro atoms. The Balaban J connectivity index is 0.00000233. The molecule has 172 valence electrons. The third-order valence-electron chi connectivity index (χ3n) is 5.19. The molecular formula is C24H36N2O4S. The number of nitrogens with one attached hydrogen (secondary N) is 1. The molecule has 0 aromatic heterocycles. The second-order valence-electron chi connectivity index (χ2n) is 7.38. The predicted molar refractivity (Wildman–Crippen MR) is 129 cm³/mol. The first-order valence-electron chi connectivity index (χ1n) is 10.6. The van der Waals surface area contributed by atoms with Gasteiger partial charge in [-0.05, 0) is 62.2 Å². The summed E-state index contributed by atoms with van der Waals surface area (Å²) in [5.74, 6) is -0.0870. The molecule has 6 nitrogen and oxygen atoms in total. The van der Waals surface area contributed by atoms with Crippen LogP contribution in [0.1, 0.15) is 51.7 Å². The van der Waals surface area contributed by atoms with Crippen molar-refractivity contribution in [3.05, 3.63) is 53.6 Å². The second-order valence-corrected chi connectivity index (χ2v) is 9.39. The molecule has 2 atom stereocenters. The third kappa shape index (κ3) is 7.58. The molecule has 7 heteroatoms. The molecule has 0 heterocycles. The molecule has 31 heavy (non-hydrogen) atoms. The van der Waals surface area contributed by atoms with E-state index in [0.29, 0.717) is 5.69 Å². The minimum absolute atomic E-state index is 0.0870. The number of amides is 1. The summed E-state index contributed by atoms with van der Waals surface area (Å²) in [6.45, 7) is 12.7. The number of carbonyl (C=O) groups excluding carboxylic acids is 1. The highest BCUT2D eigenvalue weighted by Crippen LogP contribution is 2.25. The summed E-state index contributed by atoms with van der Waals surface area (Å²) in [6.07, 6.45) is 0.276. The van der Waals surface area contributed by atoms with Crippen LogP contribution in [-0.2, 0) is 14.6 Å². The number of ether oxygens (including phenoxy) is 1. The van der Waals surface area contributed by atoms with E-state index in [1.807, 2.05) is 59.9 Å². The minimum atomic E-state index is -3.23. The lowest BCUT2D eigenvalue weighted by Crippen LogP contribution is -2.24. The van der Waals surface area contributed by atoms with Crippen LogP contribution >= 0.6 is 0 Å². The fourth-order valence-electron chi connectivity index (χ4n) is 2.91. The van der Waals surface area contributed by atoms with E-state index >= 15 is 0 Å². The van der Waals surface area contributed by atoms with Crippen LogP contribution in [-0.4, -0.2) is 40.5 Å². The van der Waals surface area contributed by atoms with Crippen molar-refractivity contribution in [3.8, 4) is 0 Å². The van der Waals surface area contributed by atoms with E-state index in [0.717, 1.165) is 23.4 Å². The molecule has 1 N–H and O–H groups in total. The van der Waals surface area contributed by atoms with Gasteiger partial charge in [-0.1, -0.05) is 32.9 Å². The molecule has 0 aliphatic rings. The van der Waals surface area contributed by atoms with Gasteiger partial charge < -0.3 is 9.64 Å². The lowest BCUT2D eigenvalue weighted by molar-refractivity contribution is 0.107. The van der Waals surface area contributed by atoms with Crippen molar-refractivity contribution in [2.75, 3.05) is 30.1 Å². The van der Waals surface area contributed by atoms with Gasteiger partial charge in [0.15, 0.2) is 9.84 Å². The zero-order valence-corrected chi connectivity index (χ0v) is 20.7. The van der Waals surface area contributed by atoms with Crippen molar-refractivity contribution in [1.82, 2.24) is 0 Å². The smallest absolute Gasteiger partial charge is 0.411 e. The van der Waals surface area contributed by atoms with Crippen LogP contribution in [0.2, 0.25) is 0 Å². The van der Waals surface area contributed by atoms with Gasteiger partial charge in [-0.25, -0.2) is 13.2 Å². The fraction of sp³-hybridized carbons (Fsp3) is 0.458. The Labute approximate surface area is 187 Å². The van der Waals surface area contributed by atoms with Gasteiger partial charge in [-0.3, -0.25) is 5.32 Å². The zero-order chi connectivity index (χ0) is 23.8. The Morgan fingerprint density at radius 3 is 2.16 bits per heavy atom. The van der Waals surface area contributed by atoms with Crippen LogP contribution < -0.4 is 10.2 Å². The number of sulfone groups is 1. The number of anilines is 2. The highest BCUT2D eigenvalue weighted by atomic mass is 32.2. The average molecular weight is 449 g/mol. The molecule has 2 aromatic carbocycles. The van der Waals surface area contributed by atoms with Crippen molar-refractivity contribution in [3.63, 3.8) is 0 Å². The first kappa shape index (κ1) is 26.5. The van der Waals surface area contributed by atoms with Gasteiger partial charge in [0.25, 0.3) is 0 Å². The van der Waals surface area contributed by atoms with Gasteiger partial charge in [-0.2, -0.15) is 0 Å². The van der Waals surface area contributed by atoms with E-state index in [1.54, 1.807) is 24.3 Å². The van der Waals surface area contributed by atoms with Crippen molar-refractivity contribution in [2.24, 2.45) is 0 Å². The number of nitrogens with zero attached hydrogens (tertiary/aromatic N) is 1. The molecule has 0 fully saturated rings. The summed E-state index contributed by atoms with van der Waals surface area (Å²) >= 11 is 0. The maximum absolute atomic E-state index is 12.3. The van der Waals surface area contributed by atoms with Gasteiger partial charge in [-0.15, -0.1) is 0 Å². The quantitative estimate of drug-likeness (QED) is 0.595. The lowest BCUT2D eigenvalue weighted by atomic mass is 9.96. The van der Waals surface area contributed by atoms with Gasteiger partial charge in [0.1, 0.15) is 6.10 Å². The van der Waals surface area contributed by atoms with E-state index in [2.05, 4.69) is 17.1 Å². The van der Waals surface area contributed by atoms with E-state index < -0.39 is 15.9 Å². The highest BCUT2D eigenvalue weighted by Gasteiger charge is 2.20.